The normalized spacial score (nSPS) is 11.1. The van der Waals surface area contributed by atoms with Crippen molar-refractivity contribution in [2.24, 2.45) is 0 Å². The molecule has 4 rings (SSSR count). The van der Waals surface area contributed by atoms with Crippen molar-refractivity contribution in [3.8, 4) is 22.8 Å². The Morgan fingerprint density at radius 1 is 1.16 bits per heavy atom. The third-order valence-electron chi connectivity index (χ3n) is 4.85. The summed E-state index contributed by atoms with van der Waals surface area (Å²) in [5, 5.41) is 4.58. The number of carbonyl (C=O) groups excluding carboxylic acids is 1. The van der Waals surface area contributed by atoms with Gasteiger partial charge in [-0.3, -0.25) is 9.78 Å². The molecule has 0 bridgehead atoms. The lowest BCUT2D eigenvalue weighted by molar-refractivity contribution is -0.144. The first kappa shape index (κ1) is 20.5. The van der Waals surface area contributed by atoms with E-state index in [2.05, 4.69) is 15.1 Å². The lowest BCUT2D eigenvalue weighted by Gasteiger charge is -2.09. The summed E-state index contributed by atoms with van der Waals surface area (Å²) in [7, 11) is 0. The zero-order valence-electron chi connectivity index (χ0n) is 17.5. The van der Waals surface area contributed by atoms with Crippen LogP contribution in [0.15, 0.2) is 50.3 Å². The Kier molecular flexibility index (Phi) is 5.62. The predicted octanol–water partition coefficient (Wildman–Crippen LogP) is 4.37. The maximum absolute atomic E-state index is 12.6. The number of nitrogens with zero attached hydrogens (tertiary/aromatic N) is 3. The Bertz CT molecular complexity index is 1310. The molecule has 0 aliphatic rings. The van der Waals surface area contributed by atoms with E-state index in [9.17, 15) is 9.59 Å². The van der Waals surface area contributed by atoms with Gasteiger partial charge in [-0.15, -0.1) is 0 Å². The van der Waals surface area contributed by atoms with Crippen molar-refractivity contribution in [1.82, 2.24) is 15.1 Å². The number of aromatic nitrogens is 3. The van der Waals surface area contributed by atoms with Gasteiger partial charge in [-0.25, -0.2) is 4.79 Å². The van der Waals surface area contributed by atoms with Crippen molar-refractivity contribution in [2.45, 2.75) is 40.2 Å². The fraction of sp³-hybridized carbons (Fsp3) is 0.261. The molecule has 1 aromatic carbocycles. The van der Waals surface area contributed by atoms with Crippen LogP contribution < -0.4 is 5.63 Å². The molecule has 0 amide bonds. The van der Waals surface area contributed by atoms with Gasteiger partial charge in [0.25, 0.3) is 5.89 Å². The topological polar surface area (TPSA) is 108 Å². The van der Waals surface area contributed by atoms with Gasteiger partial charge in [0.2, 0.25) is 5.82 Å². The largest absolute Gasteiger partial charge is 0.461 e. The molecule has 0 spiro atoms. The molecule has 31 heavy (non-hydrogen) atoms. The van der Waals surface area contributed by atoms with Gasteiger partial charge in [-0.2, -0.15) is 4.98 Å². The van der Waals surface area contributed by atoms with Crippen LogP contribution in [0.4, 0.5) is 0 Å². The number of ether oxygens (including phenoxy) is 1. The van der Waals surface area contributed by atoms with E-state index in [0.717, 1.165) is 11.1 Å². The molecule has 8 nitrogen and oxygen atoms in total. The molecule has 0 saturated heterocycles. The Morgan fingerprint density at radius 3 is 2.68 bits per heavy atom. The highest BCUT2D eigenvalue weighted by atomic mass is 16.5. The summed E-state index contributed by atoms with van der Waals surface area (Å²) in [6.07, 6.45) is 2.64. The van der Waals surface area contributed by atoms with Crippen molar-refractivity contribution in [1.29, 1.82) is 0 Å². The van der Waals surface area contributed by atoms with E-state index in [4.69, 9.17) is 13.7 Å². The Morgan fingerprint density at radius 2 is 1.94 bits per heavy atom. The molecule has 0 unspecified atom stereocenters. The van der Waals surface area contributed by atoms with Crippen LogP contribution in [0.1, 0.15) is 36.6 Å². The van der Waals surface area contributed by atoms with Crippen LogP contribution >= 0.6 is 0 Å². The van der Waals surface area contributed by atoms with E-state index in [-0.39, 0.29) is 24.0 Å². The van der Waals surface area contributed by atoms with Gasteiger partial charge < -0.3 is 13.7 Å². The molecular weight excluding hydrogens is 398 g/mol. The van der Waals surface area contributed by atoms with Crippen LogP contribution in [-0.2, 0) is 16.1 Å². The van der Waals surface area contributed by atoms with Crippen LogP contribution in [0.25, 0.3) is 33.8 Å². The lowest BCUT2D eigenvalue weighted by Crippen LogP contribution is -2.07. The number of hydrogen-bond acceptors (Lipinski definition) is 8. The number of carbonyl (C=O) groups is 1. The minimum Gasteiger partial charge on any atom is -0.461 e. The number of hydrogen-bond donors (Lipinski definition) is 0. The van der Waals surface area contributed by atoms with Gasteiger partial charge in [0.05, 0.1) is 5.69 Å². The molecule has 0 saturated carbocycles. The number of benzene rings is 1. The van der Waals surface area contributed by atoms with Crippen LogP contribution in [-0.4, -0.2) is 21.1 Å². The van der Waals surface area contributed by atoms with Crippen LogP contribution in [0.5, 0.6) is 0 Å². The zero-order valence-corrected chi connectivity index (χ0v) is 17.5. The summed E-state index contributed by atoms with van der Waals surface area (Å²) < 4.78 is 16.2. The lowest BCUT2D eigenvalue weighted by atomic mass is 10.1. The van der Waals surface area contributed by atoms with Gasteiger partial charge in [-0.1, -0.05) is 41.9 Å². The van der Waals surface area contributed by atoms with Gasteiger partial charge in [0.15, 0.2) is 5.58 Å². The van der Waals surface area contributed by atoms with E-state index >= 15 is 0 Å². The summed E-state index contributed by atoms with van der Waals surface area (Å²) in [5.41, 5.74) is 2.90. The Hall–Kier alpha value is -3.81. The van der Waals surface area contributed by atoms with Gasteiger partial charge >= 0.3 is 11.6 Å². The van der Waals surface area contributed by atoms with E-state index < -0.39 is 5.63 Å². The zero-order chi connectivity index (χ0) is 22.0. The average molecular weight is 419 g/mol. The molecule has 0 N–H and O–H groups in total. The van der Waals surface area contributed by atoms with E-state index in [1.807, 2.05) is 38.1 Å². The molecule has 3 heterocycles. The molecule has 4 aromatic rings. The minimum atomic E-state index is -0.614. The highest BCUT2D eigenvalue weighted by Crippen LogP contribution is 2.26. The molecule has 3 aromatic heterocycles. The Labute approximate surface area is 177 Å². The van der Waals surface area contributed by atoms with Crippen molar-refractivity contribution in [3.05, 3.63) is 63.8 Å². The quantitative estimate of drug-likeness (QED) is 0.424. The molecular formula is C23H21N3O5. The number of aryl methyl sites for hydroxylation is 2. The summed E-state index contributed by atoms with van der Waals surface area (Å²) in [6, 6.07) is 9.26. The molecule has 8 heteroatoms. The summed E-state index contributed by atoms with van der Waals surface area (Å²) in [4.78, 5) is 33.0. The fourth-order valence-corrected chi connectivity index (χ4v) is 3.13. The van der Waals surface area contributed by atoms with Crippen molar-refractivity contribution < 1.29 is 18.5 Å². The standard InChI is InChI=1S/C23H21N3O5/c1-4-5-19(27)29-12-16-11-24-14(3)20-17(16)10-18(23(28)30-20)22-25-21(26-31-22)15-8-6-13(2)7-9-15/h6-11H,4-5,12H2,1-3H3. The highest BCUT2D eigenvalue weighted by Gasteiger charge is 2.19. The highest BCUT2D eigenvalue weighted by molar-refractivity contribution is 5.85. The molecule has 0 fully saturated rings. The minimum absolute atomic E-state index is 0.0221. The molecule has 158 valence electrons. The monoisotopic (exact) mass is 419 g/mol. The second-order valence-corrected chi connectivity index (χ2v) is 7.26. The van der Waals surface area contributed by atoms with Crippen LogP contribution in [0.2, 0.25) is 0 Å². The second kappa shape index (κ2) is 8.51. The SMILES string of the molecule is CCCC(=O)OCc1cnc(C)c2oc(=O)c(-c3nc(-c4ccc(C)cc4)no3)cc12. The van der Waals surface area contributed by atoms with E-state index in [0.29, 0.717) is 40.9 Å². The molecule has 0 aliphatic carbocycles. The second-order valence-electron chi connectivity index (χ2n) is 7.26. The van der Waals surface area contributed by atoms with Crippen LogP contribution in [0, 0.1) is 13.8 Å². The predicted molar refractivity (Wildman–Crippen MR) is 113 cm³/mol. The van der Waals surface area contributed by atoms with E-state index in [1.54, 1.807) is 19.2 Å². The number of rotatable bonds is 6. The van der Waals surface area contributed by atoms with Gasteiger partial charge in [0.1, 0.15) is 12.2 Å². The van der Waals surface area contributed by atoms with Crippen molar-refractivity contribution >= 4 is 16.9 Å². The van der Waals surface area contributed by atoms with E-state index in [1.165, 1.54) is 0 Å². The Balaban J connectivity index is 1.74. The maximum Gasteiger partial charge on any atom is 0.349 e. The van der Waals surface area contributed by atoms with Crippen molar-refractivity contribution in [3.63, 3.8) is 0 Å². The number of esters is 1. The van der Waals surface area contributed by atoms with Crippen molar-refractivity contribution in [2.75, 3.05) is 0 Å². The van der Waals surface area contributed by atoms with Crippen LogP contribution in [0.3, 0.4) is 0 Å². The third-order valence-corrected chi connectivity index (χ3v) is 4.85. The molecule has 0 atom stereocenters. The summed E-state index contributed by atoms with van der Waals surface area (Å²) in [5.74, 6) is 0.122. The average Bonchev–Trinajstić information content (AvgIpc) is 3.24. The first-order valence-electron chi connectivity index (χ1n) is 9.95. The third kappa shape index (κ3) is 4.23. The number of pyridine rings is 1. The first-order valence-corrected chi connectivity index (χ1v) is 9.95. The van der Waals surface area contributed by atoms with Gasteiger partial charge in [-0.05, 0) is 26.3 Å². The first-order chi connectivity index (χ1) is 15.0. The van der Waals surface area contributed by atoms with Gasteiger partial charge in [0, 0.05) is 29.1 Å². The summed E-state index contributed by atoms with van der Waals surface area (Å²) in [6.45, 7) is 5.65. The maximum atomic E-state index is 12.6. The number of fused-ring (bicyclic) bond motifs is 1. The molecule has 0 radical (unpaired) electrons. The molecule has 0 aliphatic heterocycles. The summed E-state index contributed by atoms with van der Waals surface area (Å²) >= 11 is 0. The smallest absolute Gasteiger partial charge is 0.349 e. The fourth-order valence-electron chi connectivity index (χ4n) is 3.13.